The highest BCUT2D eigenvalue weighted by atomic mass is 32.2. The van der Waals surface area contributed by atoms with Crippen LogP contribution in [0.2, 0.25) is 0 Å². The number of piperidine rings is 1. The highest BCUT2D eigenvalue weighted by Gasteiger charge is 2.27. The van der Waals surface area contributed by atoms with Crippen molar-refractivity contribution in [1.29, 1.82) is 5.26 Å². The van der Waals surface area contributed by atoms with E-state index in [9.17, 15) is 14.9 Å². The first-order valence-electron chi connectivity index (χ1n) is 18.9. The summed E-state index contributed by atoms with van der Waals surface area (Å²) in [4.78, 5) is 44.2. The number of nitrogens with zero attached hydrogens (tertiary/aromatic N) is 6. The largest absolute Gasteiger partial charge is 0.444 e. The van der Waals surface area contributed by atoms with Gasteiger partial charge in [-0.2, -0.15) is 5.26 Å². The van der Waals surface area contributed by atoms with Crippen molar-refractivity contribution < 1.29 is 14.0 Å². The van der Waals surface area contributed by atoms with Gasteiger partial charge in [0.15, 0.2) is 5.13 Å². The molecule has 3 aromatic heterocycles. The van der Waals surface area contributed by atoms with Gasteiger partial charge in [0.05, 0.1) is 38.6 Å². The van der Waals surface area contributed by atoms with Gasteiger partial charge >= 0.3 is 0 Å². The van der Waals surface area contributed by atoms with E-state index in [-0.39, 0.29) is 34.8 Å². The third-order valence-electron chi connectivity index (χ3n) is 9.89. The van der Waals surface area contributed by atoms with Gasteiger partial charge < -0.3 is 19.5 Å². The number of nitriles is 1. The van der Waals surface area contributed by atoms with Crippen LogP contribution in [0.4, 0.5) is 5.13 Å². The molecule has 6 rings (SSSR count). The minimum absolute atomic E-state index is 0.0137. The summed E-state index contributed by atoms with van der Waals surface area (Å²) < 4.78 is 7.93. The van der Waals surface area contributed by atoms with Gasteiger partial charge in [-0.3, -0.25) is 9.59 Å². The van der Waals surface area contributed by atoms with Crippen molar-refractivity contribution in [2.45, 2.75) is 87.6 Å². The third kappa shape index (κ3) is 10.7. The lowest BCUT2D eigenvalue weighted by Crippen LogP contribution is -2.38. The number of amides is 2. The van der Waals surface area contributed by atoms with E-state index >= 15 is 0 Å². The summed E-state index contributed by atoms with van der Waals surface area (Å²) in [5.41, 5.74) is 3.19. The smallest absolute Gasteiger partial charge is 0.264 e. The standard InChI is InChI=1S/C42H49N7O3S3/c1-6-10-33(48(5)40(51)31(24-43)23-37-46-32-12-7-8-13-34(32)54-37)29-16-14-28(15-17-29)11-9-20-49-21-18-30(19-22-49)39(50)47-41-45-26-38(55-41)53-27-36-44-25-35(52-36)42(2,3)4/h7-8,12-17,23,25-26,30,33H,6,9-11,18-22,27H2,1-5H3,(H,45,47,50)/b31-23+. The monoisotopic (exact) mass is 795 g/mol. The molecule has 1 unspecified atom stereocenters. The third-order valence-corrected chi connectivity index (χ3v) is 13.0. The van der Waals surface area contributed by atoms with E-state index < -0.39 is 0 Å². The number of nitrogens with one attached hydrogen (secondary N) is 1. The van der Waals surface area contributed by atoms with Crippen LogP contribution in [0, 0.1) is 17.2 Å². The molecule has 0 aliphatic carbocycles. The summed E-state index contributed by atoms with van der Waals surface area (Å²) in [6.45, 7) is 11.2. The molecule has 288 valence electrons. The van der Waals surface area contributed by atoms with Gasteiger partial charge in [-0.15, -0.1) is 23.1 Å². The van der Waals surface area contributed by atoms with Crippen LogP contribution in [0.3, 0.4) is 0 Å². The Labute approximate surface area is 336 Å². The first-order valence-corrected chi connectivity index (χ1v) is 21.5. The average Bonchev–Trinajstić information content (AvgIpc) is 3.95. The molecule has 0 spiro atoms. The molecule has 1 atom stereocenters. The number of aromatic nitrogens is 3. The summed E-state index contributed by atoms with van der Waals surface area (Å²) in [7, 11) is 1.78. The second kappa shape index (κ2) is 18.5. The Morgan fingerprint density at radius 2 is 1.87 bits per heavy atom. The number of hydrogen-bond acceptors (Lipinski definition) is 11. The van der Waals surface area contributed by atoms with Gasteiger partial charge in [0.25, 0.3) is 5.91 Å². The first-order chi connectivity index (χ1) is 26.5. The molecule has 4 heterocycles. The van der Waals surface area contributed by atoms with E-state index in [1.54, 1.807) is 42.2 Å². The van der Waals surface area contributed by atoms with Crippen molar-refractivity contribution in [1.82, 2.24) is 24.8 Å². The fraction of sp³-hybridized carbons (Fsp3) is 0.429. The van der Waals surface area contributed by atoms with Crippen molar-refractivity contribution in [3.05, 3.63) is 94.3 Å². The Kier molecular flexibility index (Phi) is 13.6. The molecule has 2 aromatic carbocycles. The molecule has 1 aliphatic rings. The number of likely N-dealkylation sites (tertiary alicyclic amines) is 1. The van der Waals surface area contributed by atoms with Crippen LogP contribution in [0.1, 0.15) is 93.6 Å². The van der Waals surface area contributed by atoms with Crippen molar-refractivity contribution in [3.8, 4) is 6.07 Å². The number of thioether (sulfide) groups is 1. The van der Waals surface area contributed by atoms with Gasteiger partial charge in [-0.05, 0) is 81.1 Å². The van der Waals surface area contributed by atoms with E-state index in [4.69, 9.17) is 4.42 Å². The number of carbonyl (C=O) groups excluding carboxylic acids is 2. The fourth-order valence-electron chi connectivity index (χ4n) is 6.69. The fourth-order valence-corrected chi connectivity index (χ4v) is 9.33. The van der Waals surface area contributed by atoms with E-state index in [0.717, 1.165) is 83.9 Å². The van der Waals surface area contributed by atoms with E-state index in [1.165, 1.54) is 28.2 Å². The Morgan fingerprint density at radius 1 is 1.11 bits per heavy atom. The topological polar surface area (TPSA) is 128 Å². The van der Waals surface area contributed by atoms with Crippen molar-refractivity contribution in [2.75, 3.05) is 32.0 Å². The molecular weight excluding hydrogens is 747 g/mol. The zero-order valence-electron chi connectivity index (χ0n) is 32.2. The summed E-state index contributed by atoms with van der Waals surface area (Å²) >= 11 is 4.56. The van der Waals surface area contributed by atoms with Gasteiger partial charge in [0, 0.05) is 18.4 Å². The molecule has 1 saturated heterocycles. The van der Waals surface area contributed by atoms with E-state index in [0.29, 0.717) is 21.8 Å². The lowest BCUT2D eigenvalue weighted by molar-refractivity contribution is -0.127. The number of thiazole rings is 2. The summed E-state index contributed by atoms with van der Waals surface area (Å²) in [6.07, 6.45) is 10.6. The van der Waals surface area contributed by atoms with Gasteiger partial charge in [-0.1, -0.05) is 81.9 Å². The average molecular weight is 796 g/mol. The zero-order chi connectivity index (χ0) is 39.0. The molecule has 0 radical (unpaired) electrons. The molecule has 10 nitrogen and oxygen atoms in total. The molecule has 2 amide bonds. The number of fused-ring (bicyclic) bond motifs is 1. The van der Waals surface area contributed by atoms with Crippen LogP contribution in [-0.2, 0) is 27.2 Å². The highest BCUT2D eigenvalue weighted by molar-refractivity contribution is 8.00. The molecular formula is C42H49N7O3S3. The maximum Gasteiger partial charge on any atom is 0.264 e. The van der Waals surface area contributed by atoms with E-state index in [1.807, 2.05) is 24.3 Å². The molecule has 0 saturated carbocycles. The first kappa shape index (κ1) is 40.3. The summed E-state index contributed by atoms with van der Waals surface area (Å²) in [5.74, 6) is 1.92. The number of likely N-dealkylation sites (N-methyl/N-ethyl adjacent to an activating group) is 1. The summed E-state index contributed by atoms with van der Waals surface area (Å²) in [6, 6.07) is 18.3. The maximum atomic E-state index is 13.5. The molecule has 1 fully saturated rings. The number of para-hydroxylation sites is 1. The lowest BCUT2D eigenvalue weighted by Gasteiger charge is -2.31. The van der Waals surface area contributed by atoms with Crippen LogP contribution >= 0.6 is 34.4 Å². The Bertz CT molecular complexity index is 2100. The Hall–Kier alpha value is -4.35. The van der Waals surface area contributed by atoms with Crippen molar-refractivity contribution in [2.24, 2.45) is 5.92 Å². The predicted octanol–water partition coefficient (Wildman–Crippen LogP) is 9.52. The van der Waals surface area contributed by atoms with Crippen LogP contribution < -0.4 is 5.32 Å². The number of carbonyl (C=O) groups is 2. The number of rotatable bonds is 15. The van der Waals surface area contributed by atoms with E-state index in [2.05, 4.69) is 83.2 Å². The highest BCUT2D eigenvalue weighted by Crippen LogP contribution is 2.33. The molecule has 13 heteroatoms. The van der Waals surface area contributed by atoms with Gasteiger partial charge in [0.2, 0.25) is 11.8 Å². The van der Waals surface area contributed by atoms with Crippen molar-refractivity contribution >= 4 is 67.7 Å². The zero-order valence-corrected chi connectivity index (χ0v) is 34.7. The SMILES string of the molecule is CCCC(c1ccc(CCCN2CCC(C(=O)Nc3ncc(SCc4ncc(C(C)(C)C)o4)s3)CC2)cc1)N(C)C(=O)/C(C#N)=C/c1nc2ccccc2s1. The Morgan fingerprint density at radius 3 is 2.56 bits per heavy atom. The predicted molar refractivity (Wildman–Crippen MR) is 223 cm³/mol. The maximum absolute atomic E-state index is 13.5. The number of oxazole rings is 1. The van der Waals surface area contributed by atoms with Crippen LogP contribution in [0.5, 0.6) is 0 Å². The molecule has 0 bridgehead atoms. The van der Waals surface area contributed by atoms with Gasteiger partial charge in [0.1, 0.15) is 22.4 Å². The van der Waals surface area contributed by atoms with Crippen molar-refractivity contribution in [3.63, 3.8) is 0 Å². The number of hydrogen-bond donors (Lipinski definition) is 1. The second-order valence-corrected chi connectivity index (χ2v) is 18.4. The number of aryl methyl sites for hydroxylation is 1. The Balaban J connectivity index is 0.929. The minimum Gasteiger partial charge on any atom is -0.444 e. The summed E-state index contributed by atoms with van der Waals surface area (Å²) in [5, 5.41) is 14.2. The molecule has 55 heavy (non-hydrogen) atoms. The van der Waals surface area contributed by atoms with Crippen LogP contribution in [0.25, 0.3) is 16.3 Å². The van der Waals surface area contributed by atoms with Crippen LogP contribution in [-0.4, -0.2) is 63.2 Å². The quantitative estimate of drug-likeness (QED) is 0.0626. The molecule has 1 N–H and O–H groups in total. The van der Waals surface area contributed by atoms with Gasteiger partial charge in [-0.25, -0.2) is 15.0 Å². The second-order valence-electron chi connectivity index (χ2n) is 15.0. The minimum atomic E-state index is -0.299. The lowest BCUT2D eigenvalue weighted by atomic mass is 9.94. The number of benzene rings is 2. The molecule has 5 aromatic rings. The molecule has 1 aliphatic heterocycles. The number of anilines is 1. The normalized spacial score (nSPS) is 14.9. The van der Waals surface area contributed by atoms with Crippen LogP contribution in [0.15, 0.2) is 75.1 Å².